The number of aliphatic hydroxyl groups is 1. The van der Waals surface area contributed by atoms with Crippen molar-refractivity contribution in [2.75, 3.05) is 18.9 Å². The number of aliphatic hydroxyl groups excluding tert-OH is 1. The SMILES string of the molecule is CCCN1C(CO)SCC[C@H]1[C-]=O.[K+]. The van der Waals surface area contributed by atoms with Crippen LogP contribution in [0.4, 0.5) is 0 Å². The van der Waals surface area contributed by atoms with Gasteiger partial charge in [-0.3, -0.25) is 0 Å². The summed E-state index contributed by atoms with van der Waals surface area (Å²) < 4.78 is 0. The van der Waals surface area contributed by atoms with Crippen molar-refractivity contribution in [1.82, 2.24) is 4.90 Å². The zero-order valence-corrected chi connectivity index (χ0v) is 12.8. The first kappa shape index (κ1) is 15.6. The Morgan fingerprint density at radius 1 is 1.64 bits per heavy atom. The maximum absolute atomic E-state index is 10.6. The van der Waals surface area contributed by atoms with E-state index in [4.69, 9.17) is 5.11 Å². The van der Waals surface area contributed by atoms with Crippen LogP contribution in [0.5, 0.6) is 0 Å². The summed E-state index contributed by atoms with van der Waals surface area (Å²) in [5, 5.41) is 9.21. The van der Waals surface area contributed by atoms with E-state index in [1.54, 1.807) is 11.8 Å². The average Bonchev–Trinajstić information content (AvgIpc) is 2.18. The maximum Gasteiger partial charge on any atom is 1.00 e. The van der Waals surface area contributed by atoms with E-state index in [0.29, 0.717) is 0 Å². The van der Waals surface area contributed by atoms with E-state index in [2.05, 4.69) is 18.1 Å². The number of nitrogens with zero attached hydrogens (tertiary/aromatic N) is 1. The van der Waals surface area contributed by atoms with Crippen LogP contribution in [0.2, 0.25) is 0 Å². The molecule has 2 atom stereocenters. The Morgan fingerprint density at radius 3 is 2.86 bits per heavy atom. The van der Waals surface area contributed by atoms with Gasteiger partial charge in [-0.2, -0.15) is 0 Å². The zero-order valence-electron chi connectivity index (χ0n) is 8.90. The van der Waals surface area contributed by atoms with Gasteiger partial charge in [0.15, 0.2) is 0 Å². The fraction of sp³-hybridized carbons (Fsp3) is 0.889. The summed E-state index contributed by atoms with van der Waals surface area (Å²) in [6.45, 7) is 3.08. The topological polar surface area (TPSA) is 40.5 Å². The first-order valence-electron chi connectivity index (χ1n) is 4.69. The van der Waals surface area contributed by atoms with Crippen LogP contribution in [0.1, 0.15) is 19.8 Å². The van der Waals surface area contributed by atoms with Gasteiger partial charge in [0.25, 0.3) is 0 Å². The molecule has 0 aromatic rings. The van der Waals surface area contributed by atoms with Gasteiger partial charge in [0.2, 0.25) is 0 Å². The molecule has 1 unspecified atom stereocenters. The van der Waals surface area contributed by atoms with Crippen molar-refractivity contribution >= 4 is 18.0 Å². The van der Waals surface area contributed by atoms with E-state index < -0.39 is 0 Å². The van der Waals surface area contributed by atoms with Crippen molar-refractivity contribution in [2.24, 2.45) is 0 Å². The van der Waals surface area contributed by atoms with Crippen molar-refractivity contribution in [3.05, 3.63) is 0 Å². The predicted molar refractivity (Wildman–Crippen MR) is 54.4 cm³/mol. The minimum absolute atomic E-state index is 0. The fourth-order valence-corrected chi connectivity index (χ4v) is 2.80. The van der Waals surface area contributed by atoms with Crippen molar-refractivity contribution in [3.63, 3.8) is 0 Å². The maximum atomic E-state index is 10.6. The molecule has 1 rings (SSSR count). The second-order valence-corrected chi connectivity index (χ2v) is 4.45. The number of hydrogen-bond acceptors (Lipinski definition) is 4. The predicted octanol–water partition coefficient (Wildman–Crippen LogP) is -2.36. The Morgan fingerprint density at radius 2 is 2.36 bits per heavy atom. The van der Waals surface area contributed by atoms with Gasteiger partial charge in [0.1, 0.15) is 0 Å². The Hall–Kier alpha value is 1.58. The second kappa shape index (κ2) is 8.70. The van der Waals surface area contributed by atoms with Crippen LogP contribution in [0.25, 0.3) is 0 Å². The third kappa shape index (κ3) is 4.21. The van der Waals surface area contributed by atoms with Crippen LogP contribution in [0.3, 0.4) is 0 Å². The molecule has 1 fully saturated rings. The molecular formula is C9H16KNO2S. The molecule has 0 amide bonds. The van der Waals surface area contributed by atoms with Crippen molar-refractivity contribution < 1.29 is 61.3 Å². The molecule has 0 aromatic heterocycles. The van der Waals surface area contributed by atoms with E-state index in [1.165, 1.54) is 0 Å². The molecule has 0 aromatic carbocycles. The van der Waals surface area contributed by atoms with Gasteiger partial charge in [0, 0.05) is 0 Å². The Bertz CT molecular complexity index is 171. The third-order valence-corrected chi connectivity index (χ3v) is 3.52. The molecular weight excluding hydrogens is 225 g/mol. The average molecular weight is 241 g/mol. The number of thioether (sulfide) groups is 1. The van der Waals surface area contributed by atoms with Crippen LogP contribution in [-0.4, -0.2) is 46.6 Å². The van der Waals surface area contributed by atoms with Gasteiger partial charge >= 0.3 is 51.4 Å². The number of hydrogen-bond donors (Lipinski definition) is 1. The molecule has 76 valence electrons. The summed E-state index contributed by atoms with van der Waals surface area (Å²) in [7, 11) is 0. The molecule has 1 aliphatic rings. The molecule has 1 aliphatic heterocycles. The molecule has 0 spiro atoms. The standard InChI is InChI=1S/C9H16NO2S.K/c1-2-4-10-8(6-11)3-5-13-9(10)7-12;/h8-9,12H,2-5,7H2,1H3;/q-1;+1/t8-,9?;/m0./s1. The fourth-order valence-electron chi connectivity index (χ4n) is 1.62. The third-order valence-electron chi connectivity index (χ3n) is 2.25. The monoisotopic (exact) mass is 241 g/mol. The normalized spacial score (nSPS) is 28.1. The van der Waals surface area contributed by atoms with Gasteiger partial charge in [0.05, 0.1) is 12.0 Å². The van der Waals surface area contributed by atoms with Crippen LogP contribution >= 0.6 is 11.8 Å². The summed E-state index contributed by atoms with van der Waals surface area (Å²) in [6.07, 6.45) is 3.93. The van der Waals surface area contributed by atoms with Crippen molar-refractivity contribution in [2.45, 2.75) is 31.2 Å². The van der Waals surface area contributed by atoms with Gasteiger partial charge in [-0.1, -0.05) is 19.4 Å². The van der Waals surface area contributed by atoms with E-state index in [9.17, 15) is 4.79 Å². The Kier molecular flexibility index (Phi) is 9.68. The first-order chi connectivity index (χ1) is 6.33. The minimum Gasteiger partial charge on any atom is -0.540 e. The molecule has 1 heterocycles. The van der Waals surface area contributed by atoms with Crippen LogP contribution in [-0.2, 0) is 4.79 Å². The summed E-state index contributed by atoms with van der Waals surface area (Å²) in [6, 6.07) is -0.0988. The summed E-state index contributed by atoms with van der Waals surface area (Å²) in [4.78, 5) is 12.7. The van der Waals surface area contributed by atoms with E-state index in [0.717, 1.165) is 25.1 Å². The van der Waals surface area contributed by atoms with Crippen LogP contribution in [0.15, 0.2) is 0 Å². The largest absolute Gasteiger partial charge is 1.00 e. The van der Waals surface area contributed by atoms with E-state index >= 15 is 0 Å². The van der Waals surface area contributed by atoms with E-state index in [-0.39, 0.29) is 69.4 Å². The molecule has 14 heavy (non-hydrogen) atoms. The van der Waals surface area contributed by atoms with Gasteiger partial charge < -0.3 is 14.8 Å². The van der Waals surface area contributed by atoms with Gasteiger partial charge in [-0.15, -0.1) is 11.8 Å². The molecule has 3 nitrogen and oxygen atoms in total. The zero-order chi connectivity index (χ0) is 9.68. The number of carbonyl (C=O) groups excluding carboxylic acids is 1. The van der Waals surface area contributed by atoms with Crippen LogP contribution in [0, 0.1) is 0 Å². The Balaban J connectivity index is 0.00000169. The molecule has 1 N–H and O–H groups in total. The minimum atomic E-state index is -0.0988. The molecule has 5 heteroatoms. The van der Waals surface area contributed by atoms with Crippen molar-refractivity contribution in [1.29, 1.82) is 0 Å². The first-order valence-corrected chi connectivity index (χ1v) is 5.74. The molecule has 0 bridgehead atoms. The summed E-state index contributed by atoms with van der Waals surface area (Å²) in [5.41, 5.74) is 0. The Labute approximate surface area is 132 Å². The number of rotatable bonds is 4. The van der Waals surface area contributed by atoms with Crippen molar-refractivity contribution in [3.8, 4) is 0 Å². The second-order valence-electron chi connectivity index (χ2n) is 3.17. The van der Waals surface area contributed by atoms with E-state index in [1.807, 2.05) is 0 Å². The smallest absolute Gasteiger partial charge is 0.540 e. The quantitative estimate of drug-likeness (QED) is 0.441. The summed E-state index contributed by atoms with van der Waals surface area (Å²) >= 11 is 1.73. The van der Waals surface area contributed by atoms with Gasteiger partial charge in [-0.25, -0.2) is 6.29 Å². The molecule has 1 saturated heterocycles. The van der Waals surface area contributed by atoms with Crippen LogP contribution < -0.4 is 51.4 Å². The molecule has 0 radical (unpaired) electrons. The van der Waals surface area contributed by atoms with Gasteiger partial charge in [-0.05, 0) is 18.7 Å². The summed E-state index contributed by atoms with van der Waals surface area (Å²) in [5.74, 6) is 0.950. The molecule has 0 saturated carbocycles. The molecule has 0 aliphatic carbocycles.